The molecule has 3 aliphatic rings. The highest BCUT2D eigenvalue weighted by Gasteiger charge is 2.49. The Morgan fingerprint density at radius 3 is 2.24 bits per heavy atom. The monoisotopic (exact) mass is 446 g/mol. The standard InChI is InChI=1S/C28H34N2O3/c31-25-20-27(24(21-29-25)23-9-5-2-6-10-23)11-15-30(16-12-27)26(32)28(13-17-33-18-14-28)19-22-7-3-1-4-8-22/h1-10,24H,11-21H2,(H,29,31)/t24-/m1/s1. The number of rotatable bonds is 4. The van der Waals surface area contributed by atoms with Crippen LogP contribution in [-0.4, -0.2) is 49.6 Å². The second-order valence-electron chi connectivity index (χ2n) is 10.2. The highest BCUT2D eigenvalue weighted by molar-refractivity contribution is 5.83. The minimum Gasteiger partial charge on any atom is -0.381 e. The Kier molecular flexibility index (Phi) is 6.24. The maximum Gasteiger partial charge on any atom is 0.229 e. The van der Waals surface area contributed by atoms with Crippen molar-refractivity contribution >= 4 is 11.8 Å². The predicted octanol–water partition coefficient (Wildman–Crippen LogP) is 3.94. The topological polar surface area (TPSA) is 58.6 Å². The quantitative estimate of drug-likeness (QED) is 0.774. The smallest absolute Gasteiger partial charge is 0.229 e. The molecule has 0 aromatic heterocycles. The SMILES string of the molecule is O=C1CC2(CCN(C(=O)C3(Cc4ccccc4)CCOCC3)CC2)[C@@H](c2ccccc2)CN1. The number of nitrogens with one attached hydrogen (secondary N) is 1. The maximum atomic E-state index is 14.0. The largest absolute Gasteiger partial charge is 0.381 e. The van der Waals surface area contributed by atoms with Crippen molar-refractivity contribution in [3.8, 4) is 0 Å². The minimum atomic E-state index is -0.382. The van der Waals surface area contributed by atoms with Gasteiger partial charge in [-0.25, -0.2) is 0 Å². The molecule has 2 amide bonds. The number of hydrogen-bond acceptors (Lipinski definition) is 3. The fourth-order valence-corrected chi connectivity index (χ4v) is 6.33. The first-order valence-corrected chi connectivity index (χ1v) is 12.3. The molecule has 1 N–H and O–H groups in total. The van der Waals surface area contributed by atoms with Gasteiger partial charge in [0.05, 0.1) is 5.41 Å². The Balaban J connectivity index is 1.34. The summed E-state index contributed by atoms with van der Waals surface area (Å²) in [5.74, 6) is 0.725. The van der Waals surface area contributed by atoms with Gasteiger partial charge in [-0.3, -0.25) is 9.59 Å². The molecule has 2 aromatic carbocycles. The van der Waals surface area contributed by atoms with Crippen molar-refractivity contribution in [2.75, 3.05) is 32.8 Å². The van der Waals surface area contributed by atoms with Crippen molar-refractivity contribution in [3.05, 3.63) is 71.8 Å². The number of likely N-dealkylation sites (tertiary alicyclic amines) is 1. The predicted molar refractivity (Wildman–Crippen MR) is 128 cm³/mol. The summed E-state index contributed by atoms with van der Waals surface area (Å²) >= 11 is 0. The fourth-order valence-electron chi connectivity index (χ4n) is 6.33. The summed E-state index contributed by atoms with van der Waals surface area (Å²) in [7, 11) is 0. The summed E-state index contributed by atoms with van der Waals surface area (Å²) < 4.78 is 5.65. The van der Waals surface area contributed by atoms with Crippen molar-refractivity contribution in [1.82, 2.24) is 10.2 Å². The average molecular weight is 447 g/mol. The van der Waals surface area contributed by atoms with E-state index in [1.54, 1.807) is 0 Å². The number of carbonyl (C=O) groups is 2. The Hall–Kier alpha value is -2.66. The molecule has 0 radical (unpaired) electrons. The zero-order chi connectivity index (χ0) is 22.7. The van der Waals surface area contributed by atoms with Crippen LogP contribution in [0.4, 0.5) is 0 Å². The molecule has 1 atom stereocenters. The Bertz CT molecular complexity index is 961. The molecule has 0 bridgehead atoms. The number of benzene rings is 2. The van der Waals surface area contributed by atoms with Crippen LogP contribution in [-0.2, 0) is 20.7 Å². The molecule has 5 nitrogen and oxygen atoms in total. The zero-order valence-corrected chi connectivity index (χ0v) is 19.3. The van der Waals surface area contributed by atoms with Crippen LogP contribution in [0.1, 0.15) is 49.1 Å². The van der Waals surface area contributed by atoms with Gasteiger partial charge in [-0.2, -0.15) is 0 Å². The highest BCUT2D eigenvalue weighted by atomic mass is 16.5. The van der Waals surface area contributed by atoms with Crippen LogP contribution in [0.5, 0.6) is 0 Å². The lowest BCUT2D eigenvalue weighted by atomic mass is 9.62. The number of nitrogens with zero attached hydrogens (tertiary/aromatic N) is 1. The van der Waals surface area contributed by atoms with Crippen LogP contribution in [0.15, 0.2) is 60.7 Å². The molecule has 0 unspecified atom stereocenters. The first kappa shape index (κ1) is 22.1. The van der Waals surface area contributed by atoms with Crippen LogP contribution in [0.2, 0.25) is 0 Å². The Morgan fingerprint density at radius 1 is 0.939 bits per heavy atom. The lowest BCUT2D eigenvalue weighted by molar-refractivity contribution is -0.151. The molecule has 1 spiro atoms. The average Bonchev–Trinajstić information content (AvgIpc) is 2.86. The van der Waals surface area contributed by atoms with Crippen molar-refractivity contribution in [1.29, 1.82) is 0 Å². The maximum absolute atomic E-state index is 14.0. The van der Waals surface area contributed by atoms with Crippen molar-refractivity contribution in [2.45, 2.75) is 44.4 Å². The van der Waals surface area contributed by atoms with Gasteiger partial charge >= 0.3 is 0 Å². The van der Waals surface area contributed by atoms with E-state index in [4.69, 9.17) is 4.74 Å². The molecule has 174 valence electrons. The number of ether oxygens (including phenoxy) is 1. The summed E-state index contributed by atoms with van der Waals surface area (Å²) in [5, 5.41) is 3.09. The third kappa shape index (κ3) is 4.43. The lowest BCUT2D eigenvalue weighted by Gasteiger charge is -2.50. The molecule has 3 saturated heterocycles. The third-order valence-corrected chi connectivity index (χ3v) is 8.29. The first-order chi connectivity index (χ1) is 16.1. The lowest BCUT2D eigenvalue weighted by Crippen LogP contribution is -2.56. The molecule has 3 heterocycles. The number of carbonyl (C=O) groups excluding carboxylic acids is 2. The van der Waals surface area contributed by atoms with E-state index in [0.717, 1.165) is 45.2 Å². The molecule has 0 aliphatic carbocycles. The number of amides is 2. The summed E-state index contributed by atoms with van der Waals surface area (Å²) in [6.45, 7) is 3.44. The summed E-state index contributed by atoms with van der Waals surface area (Å²) in [4.78, 5) is 28.5. The van der Waals surface area contributed by atoms with Gasteiger partial charge in [-0.15, -0.1) is 0 Å². The van der Waals surface area contributed by atoms with Crippen molar-refractivity contribution in [2.24, 2.45) is 10.8 Å². The van der Waals surface area contributed by atoms with Crippen molar-refractivity contribution in [3.63, 3.8) is 0 Å². The normalized spacial score (nSPS) is 24.3. The first-order valence-electron chi connectivity index (χ1n) is 12.3. The van der Waals surface area contributed by atoms with Crippen LogP contribution in [0.3, 0.4) is 0 Å². The molecule has 3 aliphatic heterocycles. The van der Waals surface area contributed by atoms with Gasteiger partial charge in [0, 0.05) is 45.2 Å². The van der Waals surface area contributed by atoms with Crippen LogP contribution < -0.4 is 5.32 Å². The third-order valence-electron chi connectivity index (χ3n) is 8.29. The zero-order valence-electron chi connectivity index (χ0n) is 19.3. The minimum absolute atomic E-state index is 0.0667. The van der Waals surface area contributed by atoms with Crippen molar-refractivity contribution < 1.29 is 14.3 Å². The molecular weight excluding hydrogens is 412 g/mol. The molecule has 5 heteroatoms. The van der Waals surface area contributed by atoms with Crippen LogP contribution >= 0.6 is 0 Å². The second kappa shape index (κ2) is 9.30. The van der Waals surface area contributed by atoms with E-state index in [2.05, 4.69) is 58.7 Å². The second-order valence-corrected chi connectivity index (χ2v) is 10.2. The fraction of sp³-hybridized carbons (Fsp3) is 0.500. The van der Waals surface area contributed by atoms with Gasteiger partial charge in [-0.1, -0.05) is 60.7 Å². The van der Waals surface area contributed by atoms with E-state index in [0.29, 0.717) is 32.1 Å². The molecule has 2 aromatic rings. The molecule has 5 rings (SSSR count). The molecule has 33 heavy (non-hydrogen) atoms. The number of piperidine rings is 2. The highest BCUT2D eigenvalue weighted by Crippen LogP contribution is 2.49. The van der Waals surface area contributed by atoms with Crippen LogP contribution in [0.25, 0.3) is 0 Å². The van der Waals surface area contributed by atoms with E-state index >= 15 is 0 Å². The van der Waals surface area contributed by atoms with Gasteiger partial charge in [0.1, 0.15) is 0 Å². The van der Waals surface area contributed by atoms with E-state index in [1.165, 1.54) is 11.1 Å². The Morgan fingerprint density at radius 2 is 1.58 bits per heavy atom. The van der Waals surface area contributed by atoms with Gasteiger partial charge in [0.2, 0.25) is 11.8 Å². The molecule has 0 saturated carbocycles. The van der Waals surface area contributed by atoms with E-state index in [-0.39, 0.29) is 22.6 Å². The number of hydrogen-bond donors (Lipinski definition) is 1. The van der Waals surface area contributed by atoms with Gasteiger partial charge in [-0.05, 0) is 48.6 Å². The van der Waals surface area contributed by atoms with Gasteiger partial charge in [0.25, 0.3) is 0 Å². The Labute approximate surface area is 196 Å². The van der Waals surface area contributed by atoms with E-state index in [9.17, 15) is 9.59 Å². The summed E-state index contributed by atoms with van der Waals surface area (Å²) in [6.07, 6.45) is 4.63. The van der Waals surface area contributed by atoms with Crippen LogP contribution in [0, 0.1) is 10.8 Å². The van der Waals surface area contributed by atoms with E-state index < -0.39 is 0 Å². The molecular formula is C28H34N2O3. The summed E-state index contributed by atoms with van der Waals surface area (Å²) in [6, 6.07) is 20.9. The summed E-state index contributed by atoms with van der Waals surface area (Å²) in [5.41, 5.74) is 2.06. The molecule has 3 fully saturated rings. The van der Waals surface area contributed by atoms with Gasteiger partial charge < -0.3 is 15.0 Å². The van der Waals surface area contributed by atoms with Gasteiger partial charge in [0.15, 0.2) is 0 Å². The van der Waals surface area contributed by atoms with E-state index in [1.807, 2.05) is 12.1 Å².